The number of carbonyl (C=O) groups is 1. The Bertz CT molecular complexity index is 688. The number of hydrogen-bond donors (Lipinski definition) is 1. The molecule has 1 aromatic rings. The Hall–Kier alpha value is -1.04. The number of nitrogens with one attached hydrogen (secondary N) is 1. The first-order chi connectivity index (χ1) is 11.6. The second-order valence-electron chi connectivity index (χ2n) is 8.42. The van der Waals surface area contributed by atoms with E-state index in [1.54, 1.807) is 0 Å². The lowest BCUT2D eigenvalue weighted by Crippen LogP contribution is -2.53. The van der Waals surface area contributed by atoms with Gasteiger partial charge in [0.25, 0.3) is 0 Å². The standard InChI is InChI=1S/C19H21BrF3NO/c20-18-8-12-4-13(9-18)7-17(6-12,11-18)10-16(25)24-15-3-1-2-14(5-15)19(21,22)23/h1-3,5,12-13H,4,6-11H2,(H,24,25). The molecule has 4 fully saturated rings. The van der Waals surface area contributed by atoms with Gasteiger partial charge in [0.1, 0.15) is 0 Å². The molecule has 0 aromatic heterocycles. The van der Waals surface area contributed by atoms with Crippen molar-refractivity contribution in [3.63, 3.8) is 0 Å². The molecular formula is C19H21BrF3NO. The van der Waals surface area contributed by atoms with E-state index in [2.05, 4.69) is 21.2 Å². The Labute approximate surface area is 153 Å². The van der Waals surface area contributed by atoms with Crippen LogP contribution in [0.25, 0.3) is 0 Å². The molecule has 1 N–H and O–H groups in total. The predicted octanol–water partition coefficient (Wildman–Crippen LogP) is 5.77. The summed E-state index contributed by atoms with van der Waals surface area (Å²) in [7, 11) is 0. The molecule has 0 spiro atoms. The van der Waals surface area contributed by atoms with E-state index in [0.29, 0.717) is 18.3 Å². The van der Waals surface area contributed by atoms with Crippen LogP contribution in [0.3, 0.4) is 0 Å². The van der Waals surface area contributed by atoms with Gasteiger partial charge in [0.2, 0.25) is 5.91 Å². The summed E-state index contributed by atoms with van der Waals surface area (Å²) in [6.07, 6.45) is 2.82. The molecule has 0 radical (unpaired) electrons. The molecule has 1 aromatic carbocycles. The second-order valence-corrected chi connectivity index (χ2v) is 10.1. The molecule has 25 heavy (non-hydrogen) atoms. The van der Waals surface area contributed by atoms with Gasteiger partial charge in [0, 0.05) is 16.4 Å². The number of hydrogen-bond acceptors (Lipinski definition) is 1. The summed E-state index contributed by atoms with van der Waals surface area (Å²) in [5.41, 5.74) is -0.503. The third-order valence-electron chi connectivity index (χ3n) is 6.12. The van der Waals surface area contributed by atoms with Crippen LogP contribution in [-0.2, 0) is 11.0 Å². The van der Waals surface area contributed by atoms with Crippen molar-refractivity contribution in [1.29, 1.82) is 0 Å². The third-order valence-corrected chi connectivity index (χ3v) is 7.05. The van der Waals surface area contributed by atoms with Crippen molar-refractivity contribution in [3.8, 4) is 0 Å². The minimum Gasteiger partial charge on any atom is -0.326 e. The maximum atomic E-state index is 12.8. The van der Waals surface area contributed by atoms with E-state index in [0.717, 1.165) is 31.4 Å². The fraction of sp³-hybridized carbons (Fsp3) is 0.632. The lowest BCUT2D eigenvalue weighted by molar-refractivity contribution is -0.137. The predicted molar refractivity (Wildman–Crippen MR) is 93.5 cm³/mol. The molecule has 4 aliphatic rings. The molecule has 0 saturated heterocycles. The summed E-state index contributed by atoms with van der Waals surface area (Å²) in [4.78, 5) is 12.6. The average Bonchev–Trinajstić information content (AvgIpc) is 2.42. The molecule has 0 heterocycles. The molecule has 4 bridgehead atoms. The van der Waals surface area contributed by atoms with E-state index in [-0.39, 0.29) is 21.3 Å². The first-order valence-electron chi connectivity index (χ1n) is 8.81. The number of amides is 1. The molecule has 4 aliphatic carbocycles. The molecule has 2 nitrogen and oxygen atoms in total. The highest BCUT2D eigenvalue weighted by Crippen LogP contribution is 2.65. The quantitative estimate of drug-likeness (QED) is 0.623. The van der Waals surface area contributed by atoms with Gasteiger partial charge in [-0.25, -0.2) is 0 Å². The topological polar surface area (TPSA) is 29.1 Å². The molecule has 5 rings (SSSR count). The fourth-order valence-corrected chi connectivity index (χ4v) is 7.37. The first-order valence-corrected chi connectivity index (χ1v) is 9.60. The fourth-order valence-electron chi connectivity index (χ4n) is 5.86. The van der Waals surface area contributed by atoms with E-state index in [1.165, 1.54) is 31.4 Å². The van der Waals surface area contributed by atoms with E-state index in [9.17, 15) is 18.0 Å². The van der Waals surface area contributed by atoms with Crippen molar-refractivity contribution >= 4 is 27.5 Å². The van der Waals surface area contributed by atoms with E-state index in [1.807, 2.05) is 0 Å². The van der Waals surface area contributed by atoms with Crippen LogP contribution < -0.4 is 5.32 Å². The van der Waals surface area contributed by atoms with Gasteiger partial charge in [-0.2, -0.15) is 13.2 Å². The zero-order valence-corrected chi connectivity index (χ0v) is 15.4. The van der Waals surface area contributed by atoms with E-state index in [4.69, 9.17) is 0 Å². The van der Waals surface area contributed by atoms with Crippen molar-refractivity contribution in [2.24, 2.45) is 17.3 Å². The van der Waals surface area contributed by atoms with Crippen molar-refractivity contribution in [2.45, 2.75) is 55.4 Å². The smallest absolute Gasteiger partial charge is 0.326 e. The molecule has 2 atom stereocenters. The highest BCUT2D eigenvalue weighted by Gasteiger charge is 2.57. The number of anilines is 1. The summed E-state index contributed by atoms with van der Waals surface area (Å²) >= 11 is 3.92. The highest BCUT2D eigenvalue weighted by atomic mass is 79.9. The highest BCUT2D eigenvalue weighted by molar-refractivity contribution is 9.10. The monoisotopic (exact) mass is 415 g/mol. The molecule has 1 amide bonds. The molecule has 136 valence electrons. The average molecular weight is 416 g/mol. The maximum Gasteiger partial charge on any atom is 0.416 e. The minimum atomic E-state index is -4.40. The van der Waals surface area contributed by atoms with Crippen LogP contribution in [0.5, 0.6) is 0 Å². The van der Waals surface area contributed by atoms with Gasteiger partial charge < -0.3 is 5.32 Å². The number of benzene rings is 1. The summed E-state index contributed by atoms with van der Waals surface area (Å²) < 4.78 is 38.6. The van der Waals surface area contributed by atoms with Crippen LogP contribution in [0.2, 0.25) is 0 Å². The lowest BCUT2D eigenvalue weighted by atomic mass is 9.48. The Balaban J connectivity index is 1.46. The van der Waals surface area contributed by atoms with Crippen LogP contribution in [-0.4, -0.2) is 10.2 Å². The maximum absolute atomic E-state index is 12.8. The van der Waals surface area contributed by atoms with Crippen molar-refractivity contribution in [3.05, 3.63) is 29.8 Å². The Morgan fingerprint density at radius 3 is 2.48 bits per heavy atom. The lowest BCUT2D eigenvalue weighted by Gasteiger charge is -2.60. The van der Waals surface area contributed by atoms with Crippen LogP contribution in [0.1, 0.15) is 50.5 Å². The van der Waals surface area contributed by atoms with Crippen LogP contribution in [0, 0.1) is 17.3 Å². The van der Waals surface area contributed by atoms with Gasteiger partial charge in [0.05, 0.1) is 5.56 Å². The molecule has 4 saturated carbocycles. The van der Waals surface area contributed by atoms with Gasteiger partial charge >= 0.3 is 6.18 Å². The van der Waals surface area contributed by atoms with Crippen molar-refractivity contribution in [1.82, 2.24) is 0 Å². The molecular weight excluding hydrogens is 395 g/mol. The van der Waals surface area contributed by atoms with E-state index < -0.39 is 11.7 Å². The zero-order chi connectivity index (χ0) is 17.9. The molecule has 2 unspecified atom stereocenters. The normalized spacial score (nSPS) is 36.5. The van der Waals surface area contributed by atoms with Gasteiger partial charge in [-0.3, -0.25) is 4.79 Å². The van der Waals surface area contributed by atoms with Gasteiger partial charge in [-0.05, 0) is 74.0 Å². The van der Waals surface area contributed by atoms with Crippen LogP contribution >= 0.6 is 15.9 Å². The minimum absolute atomic E-state index is 0.0132. The number of halogens is 4. The first kappa shape index (κ1) is 17.4. The van der Waals surface area contributed by atoms with Gasteiger partial charge in [-0.15, -0.1) is 0 Å². The summed E-state index contributed by atoms with van der Waals surface area (Å²) in [5, 5.41) is 2.69. The van der Waals surface area contributed by atoms with Crippen LogP contribution in [0.4, 0.5) is 18.9 Å². The largest absolute Gasteiger partial charge is 0.416 e. The Morgan fingerprint density at radius 1 is 1.20 bits per heavy atom. The number of rotatable bonds is 3. The SMILES string of the molecule is O=C(CC12CC3CC(CC(Br)(C3)C1)C2)Nc1cccc(C(F)(F)F)c1. The molecule has 6 heteroatoms. The van der Waals surface area contributed by atoms with E-state index >= 15 is 0 Å². The summed E-state index contributed by atoms with van der Waals surface area (Å²) in [5.74, 6) is 1.20. The van der Waals surface area contributed by atoms with Gasteiger partial charge in [0.15, 0.2) is 0 Å². The number of carbonyl (C=O) groups excluding carboxylic acids is 1. The number of alkyl halides is 4. The Morgan fingerprint density at radius 2 is 1.88 bits per heavy atom. The Kier molecular flexibility index (Phi) is 3.98. The van der Waals surface area contributed by atoms with Crippen LogP contribution in [0.15, 0.2) is 24.3 Å². The summed E-state index contributed by atoms with van der Waals surface area (Å²) in [6, 6.07) is 4.86. The second kappa shape index (κ2) is 5.73. The van der Waals surface area contributed by atoms with Crippen molar-refractivity contribution in [2.75, 3.05) is 5.32 Å². The summed E-state index contributed by atoms with van der Waals surface area (Å²) in [6.45, 7) is 0. The zero-order valence-electron chi connectivity index (χ0n) is 13.8. The van der Waals surface area contributed by atoms with Gasteiger partial charge in [-0.1, -0.05) is 22.0 Å². The molecule has 0 aliphatic heterocycles. The van der Waals surface area contributed by atoms with Crippen molar-refractivity contribution < 1.29 is 18.0 Å². The third kappa shape index (κ3) is 3.46.